The van der Waals surface area contributed by atoms with Crippen molar-refractivity contribution in [1.82, 2.24) is 5.32 Å². The van der Waals surface area contributed by atoms with Crippen LogP contribution in [0.3, 0.4) is 0 Å². The zero-order chi connectivity index (χ0) is 21.2. The Hall–Kier alpha value is -3.41. The van der Waals surface area contributed by atoms with E-state index in [0.29, 0.717) is 30.2 Å². The van der Waals surface area contributed by atoms with Crippen LogP contribution in [0.25, 0.3) is 6.08 Å². The average molecular weight is 416 g/mol. The molecule has 0 bridgehead atoms. The monoisotopic (exact) mass is 415 g/mol. The van der Waals surface area contributed by atoms with Crippen LogP contribution < -0.4 is 10.1 Å². The van der Waals surface area contributed by atoms with Crippen LogP contribution in [-0.4, -0.2) is 31.1 Å². The number of nitro benzene ring substituents is 1. The van der Waals surface area contributed by atoms with Crippen LogP contribution in [0.5, 0.6) is 11.5 Å². The molecule has 150 valence electrons. The third kappa shape index (κ3) is 6.31. The van der Waals surface area contributed by atoms with Gasteiger partial charge in [-0.25, -0.2) is 0 Å². The Balaban J connectivity index is 2.25. The van der Waals surface area contributed by atoms with E-state index in [9.17, 15) is 20.2 Å². The molecule has 0 saturated heterocycles. The number of amides is 1. The van der Waals surface area contributed by atoms with Gasteiger partial charge in [-0.05, 0) is 36.3 Å². The maximum atomic E-state index is 12.1. The van der Waals surface area contributed by atoms with Crippen molar-refractivity contribution in [2.45, 2.75) is 6.42 Å². The number of halogens is 1. The van der Waals surface area contributed by atoms with Gasteiger partial charge in [-0.3, -0.25) is 14.9 Å². The lowest BCUT2D eigenvalue weighted by atomic mass is 10.1. The quantitative estimate of drug-likeness (QED) is 0.217. The number of rotatable bonds is 9. The van der Waals surface area contributed by atoms with E-state index >= 15 is 0 Å². The second-order valence-corrected chi connectivity index (χ2v) is 6.20. The van der Waals surface area contributed by atoms with Gasteiger partial charge in [0.2, 0.25) is 5.75 Å². The molecule has 9 heteroatoms. The van der Waals surface area contributed by atoms with Crippen molar-refractivity contribution in [1.29, 1.82) is 5.26 Å². The van der Waals surface area contributed by atoms with Crippen molar-refractivity contribution in [3.8, 4) is 17.6 Å². The normalized spacial score (nSPS) is 10.9. The summed E-state index contributed by atoms with van der Waals surface area (Å²) in [6.07, 6.45) is 1.87. The number of nitrogens with zero attached hydrogens (tertiary/aromatic N) is 2. The number of methoxy groups -OCH3 is 1. The molecular weight excluding hydrogens is 398 g/mol. The molecule has 2 aromatic rings. The topological polar surface area (TPSA) is 114 Å². The number of nitro groups is 1. The number of hydrogen-bond donors (Lipinski definition) is 1. The molecule has 0 aliphatic carbocycles. The van der Waals surface area contributed by atoms with E-state index in [4.69, 9.17) is 21.1 Å². The molecule has 0 aromatic heterocycles. The third-order valence-electron chi connectivity index (χ3n) is 3.72. The van der Waals surface area contributed by atoms with Crippen LogP contribution in [0.2, 0.25) is 5.02 Å². The molecule has 0 spiro atoms. The lowest BCUT2D eigenvalue weighted by Gasteiger charge is -2.08. The van der Waals surface area contributed by atoms with Crippen LogP contribution in [-0.2, 0) is 9.53 Å². The first kappa shape index (κ1) is 21.9. The molecule has 1 amide bonds. The lowest BCUT2D eigenvalue weighted by molar-refractivity contribution is -0.385. The summed E-state index contributed by atoms with van der Waals surface area (Å²) >= 11 is 6.03. The van der Waals surface area contributed by atoms with E-state index in [1.165, 1.54) is 24.3 Å². The number of carbonyl (C=O) groups is 1. The van der Waals surface area contributed by atoms with E-state index in [0.717, 1.165) is 0 Å². The Morgan fingerprint density at radius 3 is 2.72 bits per heavy atom. The number of carbonyl (C=O) groups excluding carboxylic acids is 1. The minimum atomic E-state index is -0.611. The van der Waals surface area contributed by atoms with Crippen LogP contribution >= 0.6 is 11.6 Å². The lowest BCUT2D eigenvalue weighted by Crippen LogP contribution is -2.26. The van der Waals surface area contributed by atoms with Crippen molar-refractivity contribution in [3.05, 3.63) is 68.7 Å². The average Bonchev–Trinajstić information content (AvgIpc) is 2.71. The first-order chi connectivity index (χ1) is 14.0. The molecule has 8 nitrogen and oxygen atoms in total. The van der Waals surface area contributed by atoms with Gasteiger partial charge < -0.3 is 14.8 Å². The fraction of sp³-hybridized carbons (Fsp3) is 0.200. The Bertz CT molecular complexity index is 969. The van der Waals surface area contributed by atoms with Gasteiger partial charge in [0.15, 0.2) is 0 Å². The highest BCUT2D eigenvalue weighted by molar-refractivity contribution is 6.32. The van der Waals surface area contributed by atoms with E-state index in [-0.39, 0.29) is 22.8 Å². The van der Waals surface area contributed by atoms with Crippen molar-refractivity contribution >= 4 is 29.3 Å². The summed E-state index contributed by atoms with van der Waals surface area (Å²) in [6.45, 7) is 0.821. The molecule has 0 unspecified atom stereocenters. The summed E-state index contributed by atoms with van der Waals surface area (Å²) in [5.74, 6) is -0.306. The van der Waals surface area contributed by atoms with Crippen LogP contribution in [0, 0.1) is 21.4 Å². The van der Waals surface area contributed by atoms with Gasteiger partial charge in [-0.15, -0.1) is 0 Å². The maximum absolute atomic E-state index is 12.1. The predicted octanol–water partition coefficient (Wildman–Crippen LogP) is 4.10. The molecule has 0 atom stereocenters. The van der Waals surface area contributed by atoms with Crippen molar-refractivity contribution in [2.24, 2.45) is 0 Å². The Morgan fingerprint density at radius 2 is 2.07 bits per heavy atom. The van der Waals surface area contributed by atoms with Crippen LogP contribution in [0.1, 0.15) is 12.0 Å². The van der Waals surface area contributed by atoms with Crippen LogP contribution in [0.15, 0.2) is 48.0 Å². The number of nitriles is 1. The largest absolute Gasteiger partial charge is 0.449 e. The number of hydrogen-bond acceptors (Lipinski definition) is 6. The SMILES string of the molecule is COCCCNC(=O)/C(C#N)=C/c1ccc(Oc2ccccc2Cl)c([N+](=O)[O-])c1. The summed E-state index contributed by atoms with van der Waals surface area (Å²) in [4.78, 5) is 22.9. The molecule has 29 heavy (non-hydrogen) atoms. The van der Waals surface area contributed by atoms with E-state index < -0.39 is 10.8 Å². The zero-order valence-corrected chi connectivity index (χ0v) is 16.3. The first-order valence-corrected chi connectivity index (χ1v) is 8.93. The number of nitrogens with one attached hydrogen (secondary N) is 1. The molecule has 0 aliphatic heterocycles. The summed E-state index contributed by atoms with van der Waals surface area (Å²) in [5, 5.41) is 23.6. The number of para-hydroxylation sites is 1. The number of benzene rings is 2. The number of ether oxygens (including phenoxy) is 2. The molecular formula is C20H18ClN3O5. The second kappa shape index (κ2) is 10.8. The maximum Gasteiger partial charge on any atom is 0.312 e. The van der Waals surface area contributed by atoms with Gasteiger partial charge in [0.25, 0.3) is 5.91 Å². The van der Waals surface area contributed by atoms with Gasteiger partial charge in [0.1, 0.15) is 17.4 Å². The van der Waals surface area contributed by atoms with Crippen LogP contribution in [0.4, 0.5) is 5.69 Å². The molecule has 0 fully saturated rings. The van der Waals surface area contributed by atoms with Crippen molar-refractivity contribution in [3.63, 3.8) is 0 Å². The summed E-state index contributed by atoms with van der Waals surface area (Å²) in [6, 6.07) is 12.5. The standard InChI is InChI=1S/C20H18ClN3O5/c1-28-10-4-9-23-20(25)15(13-22)11-14-7-8-19(17(12-14)24(26)27)29-18-6-3-2-5-16(18)21/h2-3,5-8,11-12H,4,9-10H2,1H3,(H,23,25)/b15-11+. The summed E-state index contributed by atoms with van der Waals surface area (Å²) < 4.78 is 10.4. The van der Waals surface area contributed by atoms with Gasteiger partial charge in [-0.2, -0.15) is 5.26 Å². The summed E-state index contributed by atoms with van der Waals surface area (Å²) in [5.41, 5.74) is -0.181. The zero-order valence-electron chi connectivity index (χ0n) is 15.6. The minimum Gasteiger partial charge on any atom is -0.449 e. The fourth-order valence-electron chi connectivity index (χ4n) is 2.33. The van der Waals surface area contributed by atoms with E-state index in [1.54, 1.807) is 37.4 Å². The first-order valence-electron chi connectivity index (χ1n) is 8.56. The second-order valence-electron chi connectivity index (χ2n) is 5.79. The van der Waals surface area contributed by atoms with E-state index in [1.807, 2.05) is 0 Å². The molecule has 0 aliphatic rings. The highest BCUT2D eigenvalue weighted by atomic mass is 35.5. The molecule has 2 rings (SSSR count). The van der Waals surface area contributed by atoms with Crippen molar-refractivity contribution < 1.29 is 19.2 Å². The van der Waals surface area contributed by atoms with Gasteiger partial charge >= 0.3 is 5.69 Å². The highest BCUT2D eigenvalue weighted by Crippen LogP contribution is 2.35. The smallest absolute Gasteiger partial charge is 0.312 e. The highest BCUT2D eigenvalue weighted by Gasteiger charge is 2.18. The molecule has 0 saturated carbocycles. The molecule has 0 radical (unpaired) electrons. The van der Waals surface area contributed by atoms with Gasteiger partial charge in [-0.1, -0.05) is 29.8 Å². The Kier molecular flexibility index (Phi) is 8.15. The van der Waals surface area contributed by atoms with Crippen molar-refractivity contribution in [2.75, 3.05) is 20.3 Å². The van der Waals surface area contributed by atoms with Gasteiger partial charge in [0.05, 0.1) is 9.95 Å². The molecule has 0 heterocycles. The third-order valence-corrected chi connectivity index (χ3v) is 4.04. The minimum absolute atomic E-state index is 0.0113. The molecule has 2 aromatic carbocycles. The van der Waals surface area contributed by atoms with Gasteiger partial charge in [0, 0.05) is 26.3 Å². The molecule has 1 N–H and O–H groups in total. The Labute approximate surface area is 172 Å². The van der Waals surface area contributed by atoms with E-state index in [2.05, 4.69) is 5.32 Å². The predicted molar refractivity (Wildman–Crippen MR) is 108 cm³/mol. The summed E-state index contributed by atoms with van der Waals surface area (Å²) in [7, 11) is 1.55. The fourth-order valence-corrected chi connectivity index (χ4v) is 2.50. The Morgan fingerprint density at radius 1 is 1.31 bits per heavy atom.